The van der Waals surface area contributed by atoms with Crippen LogP contribution in [0.1, 0.15) is 23.4 Å². The van der Waals surface area contributed by atoms with E-state index in [9.17, 15) is 0 Å². The van der Waals surface area contributed by atoms with E-state index in [1.165, 1.54) is 16.6 Å². The van der Waals surface area contributed by atoms with Gasteiger partial charge < -0.3 is 14.6 Å². The minimum atomic E-state index is 0.398. The Hall–Kier alpha value is -3.09. The number of nitrogens with zero attached hydrogens (tertiary/aromatic N) is 4. The number of halogens is 1. The molecule has 2 aromatic carbocycles. The monoisotopic (exact) mass is 475 g/mol. The van der Waals surface area contributed by atoms with Crippen LogP contribution in [0.3, 0.4) is 0 Å². The van der Waals surface area contributed by atoms with Crippen LogP contribution < -0.4 is 9.64 Å². The van der Waals surface area contributed by atoms with Crippen molar-refractivity contribution >= 4 is 28.2 Å². The number of hydrogen-bond donors (Lipinski definition) is 1. The normalized spacial score (nSPS) is 14.6. The predicted molar refractivity (Wildman–Crippen MR) is 138 cm³/mol. The molecule has 6 nitrogen and oxygen atoms in total. The van der Waals surface area contributed by atoms with E-state index in [1.54, 1.807) is 0 Å². The molecule has 0 aliphatic carbocycles. The molecule has 1 N–H and O–H groups in total. The van der Waals surface area contributed by atoms with Gasteiger partial charge in [0, 0.05) is 65.4 Å². The summed E-state index contributed by atoms with van der Waals surface area (Å²) in [5.41, 5.74) is 5.55. The van der Waals surface area contributed by atoms with E-state index in [2.05, 4.69) is 55.2 Å². The van der Waals surface area contributed by atoms with E-state index in [0.29, 0.717) is 6.01 Å². The van der Waals surface area contributed by atoms with Crippen molar-refractivity contribution < 1.29 is 4.74 Å². The first kappa shape index (κ1) is 22.7. The quantitative estimate of drug-likeness (QED) is 0.367. The fourth-order valence-electron chi connectivity index (χ4n) is 4.65. The summed E-state index contributed by atoms with van der Waals surface area (Å²) in [6, 6.07) is 16.6. The highest BCUT2D eigenvalue weighted by atomic mass is 35.5. The van der Waals surface area contributed by atoms with E-state index < -0.39 is 0 Å². The van der Waals surface area contributed by atoms with Crippen LogP contribution in [0.4, 0.5) is 5.69 Å². The van der Waals surface area contributed by atoms with Crippen molar-refractivity contribution in [2.75, 3.05) is 37.6 Å². The van der Waals surface area contributed by atoms with Crippen molar-refractivity contribution in [3.63, 3.8) is 0 Å². The number of piperazine rings is 1. The van der Waals surface area contributed by atoms with Crippen LogP contribution in [-0.4, -0.2) is 52.6 Å². The predicted octanol–water partition coefficient (Wildman–Crippen LogP) is 5.78. The standard InChI is InChI=1S/C27H30ClN5O/c1-19-16-20(2)31-27(30-19)34-24-8-6-23(7-9-24)33-14-12-32(13-15-33)11-3-4-21-18-29-26-10-5-22(28)17-25(21)26/h5-10,16-18,29H,3-4,11-15H2,1-2H3. The lowest BCUT2D eigenvalue weighted by Crippen LogP contribution is -2.46. The van der Waals surface area contributed by atoms with Gasteiger partial charge in [-0.15, -0.1) is 0 Å². The van der Waals surface area contributed by atoms with Crippen molar-refractivity contribution in [2.24, 2.45) is 0 Å². The summed E-state index contributed by atoms with van der Waals surface area (Å²) in [6.45, 7) is 9.23. The number of hydrogen-bond acceptors (Lipinski definition) is 5. The fraction of sp³-hybridized carbons (Fsp3) is 0.333. The molecule has 34 heavy (non-hydrogen) atoms. The number of benzene rings is 2. The molecule has 4 aromatic rings. The summed E-state index contributed by atoms with van der Waals surface area (Å²) in [5.74, 6) is 0.756. The van der Waals surface area contributed by atoms with Gasteiger partial charge in [-0.05, 0) is 87.3 Å². The highest BCUT2D eigenvalue weighted by Gasteiger charge is 2.17. The summed E-state index contributed by atoms with van der Waals surface area (Å²) in [4.78, 5) is 17.1. The van der Waals surface area contributed by atoms with Gasteiger partial charge in [-0.3, -0.25) is 4.90 Å². The third kappa shape index (κ3) is 5.34. The summed E-state index contributed by atoms with van der Waals surface area (Å²) >= 11 is 6.18. The maximum Gasteiger partial charge on any atom is 0.322 e. The Balaban J connectivity index is 1.10. The van der Waals surface area contributed by atoms with Crippen LogP contribution in [0, 0.1) is 13.8 Å². The number of ether oxygens (including phenoxy) is 1. The van der Waals surface area contributed by atoms with Gasteiger partial charge in [0.15, 0.2) is 0 Å². The SMILES string of the molecule is Cc1cc(C)nc(Oc2ccc(N3CCN(CCCc4c[nH]c5ccc(Cl)cc45)CC3)cc2)n1. The molecule has 1 saturated heterocycles. The molecule has 0 radical (unpaired) electrons. The highest BCUT2D eigenvalue weighted by Crippen LogP contribution is 2.25. The number of rotatable bonds is 7. The van der Waals surface area contributed by atoms with Crippen LogP contribution in [0.2, 0.25) is 5.02 Å². The number of H-pyrrole nitrogens is 1. The Morgan fingerprint density at radius 2 is 1.68 bits per heavy atom. The largest absolute Gasteiger partial charge is 0.424 e. The Morgan fingerprint density at radius 1 is 0.941 bits per heavy atom. The van der Waals surface area contributed by atoms with Gasteiger partial charge in [0.05, 0.1) is 0 Å². The lowest BCUT2D eigenvalue weighted by atomic mass is 10.1. The van der Waals surface area contributed by atoms with Crippen molar-refractivity contribution in [1.29, 1.82) is 0 Å². The summed E-state index contributed by atoms with van der Waals surface area (Å²) in [7, 11) is 0. The van der Waals surface area contributed by atoms with Gasteiger partial charge in [-0.1, -0.05) is 11.6 Å². The zero-order valence-electron chi connectivity index (χ0n) is 19.7. The Kier molecular flexibility index (Phi) is 6.70. The number of anilines is 1. The summed E-state index contributed by atoms with van der Waals surface area (Å²) < 4.78 is 5.85. The molecule has 0 bridgehead atoms. The van der Waals surface area contributed by atoms with Crippen LogP contribution >= 0.6 is 11.6 Å². The minimum Gasteiger partial charge on any atom is -0.424 e. The number of nitrogens with one attached hydrogen (secondary N) is 1. The number of aromatic amines is 1. The molecule has 0 unspecified atom stereocenters. The fourth-order valence-corrected chi connectivity index (χ4v) is 4.82. The summed E-state index contributed by atoms with van der Waals surface area (Å²) in [5, 5.41) is 2.04. The topological polar surface area (TPSA) is 57.3 Å². The van der Waals surface area contributed by atoms with E-state index in [0.717, 1.165) is 73.2 Å². The van der Waals surface area contributed by atoms with Crippen LogP contribution in [0.5, 0.6) is 11.8 Å². The van der Waals surface area contributed by atoms with Crippen molar-refractivity contribution in [2.45, 2.75) is 26.7 Å². The molecular weight excluding hydrogens is 446 g/mol. The molecule has 2 aromatic heterocycles. The molecule has 0 atom stereocenters. The number of fused-ring (bicyclic) bond motifs is 1. The molecule has 176 valence electrons. The van der Waals surface area contributed by atoms with Crippen LogP contribution in [-0.2, 0) is 6.42 Å². The second-order valence-electron chi connectivity index (χ2n) is 8.97. The first-order chi connectivity index (χ1) is 16.5. The molecule has 1 aliphatic heterocycles. The van der Waals surface area contributed by atoms with Gasteiger partial charge in [-0.2, -0.15) is 0 Å². The smallest absolute Gasteiger partial charge is 0.322 e. The van der Waals surface area contributed by atoms with Crippen LogP contribution in [0.15, 0.2) is 54.7 Å². The van der Waals surface area contributed by atoms with E-state index in [-0.39, 0.29) is 0 Å². The first-order valence-electron chi connectivity index (χ1n) is 11.9. The Morgan fingerprint density at radius 3 is 2.41 bits per heavy atom. The Bertz CT molecular complexity index is 1240. The van der Waals surface area contributed by atoms with E-state index >= 15 is 0 Å². The van der Waals surface area contributed by atoms with E-state index in [4.69, 9.17) is 16.3 Å². The summed E-state index contributed by atoms with van der Waals surface area (Å²) in [6.07, 6.45) is 4.33. The second-order valence-corrected chi connectivity index (χ2v) is 9.40. The van der Waals surface area contributed by atoms with E-state index in [1.807, 2.05) is 38.1 Å². The molecular formula is C27H30ClN5O. The van der Waals surface area contributed by atoms with Gasteiger partial charge in [-0.25, -0.2) is 9.97 Å². The molecule has 1 aliphatic rings. The van der Waals surface area contributed by atoms with Crippen LogP contribution in [0.25, 0.3) is 10.9 Å². The minimum absolute atomic E-state index is 0.398. The van der Waals surface area contributed by atoms with Crippen molar-refractivity contribution in [1.82, 2.24) is 19.9 Å². The molecule has 3 heterocycles. The molecule has 0 spiro atoms. The Labute approximate surface area is 205 Å². The van der Waals surface area contributed by atoms with Gasteiger partial charge >= 0.3 is 6.01 Å². The lowest BCUT2D eigenvalue weighted by molar-refractivity contribution is 0.255. The number of aryl methyl sites for hydroxylation is 3. The molecule has 0 amide bonds. The second kappa shape index (κ2) is 10.0. The van der Waals surface area contributed by atoms with Gasteiger partial charge in [0.2, 0.25) is 0 Å². The zero-order chi connectivity index (χ0) is 23.5. The average Bonchev–Trinajstić information content (AvgIpc) is 3.21. The molecule has 0 saturated carbocycles. The number of aromatic nitrogens is 3. The molecule has 5 rings (SSSR count). The zero-order valence-corrected chi connectivity index (χ0v) is 20.5. The maximum atomic E-state index is 6.18. The van der Waals surface area contributed by atoms with Gasteiger partial charge in [0.1, 0.15) is 5.75 Å². The third-order valence-electron chi connectivity index (χ3n) is 6.39. The maximum absolute atomic E-state index is 6.18. The van der Waals surface area contributed by atoms with Gasteiger partial charge in [0.25, 0.3) is 0 Å². The average molecular weight is 476 g/mol. The van der Waals surface area contributed by atoms with Crippen molar-refractivity contribution in [3.05, 3.63) is 76.7 Å². The lowest BCUT2D eigenvalue weighted by Gasteiger charge is -2.36. The molecule has 1 fully saturated rings. The third-order valence-corrected chi connectivity index (χ3v) is 6.63. The van der Waals surface area contributed by atoms with Crippen molar-refractivity contribution in [3.8, 4) is 11.8 Å². The highest BCUT2D eigenvalue weighted by molar-refractivity contribution is 6.31. The molecule has 7 heteroatoms. The first-order valence-corrected chi connectivity index (χ1v) is 12.2.